The summed E-state index contributed by atoms with van der Waals surface area (Å²) in [4.78, 5) is 29.8. The zero-order valence-corrected chi connectivity index (χ0v) is 13.0. The third-order valence-corrected chi connectivity index (χ3v) is 3.78. The van der Waals surface area contributed by atoms with Gasteiger partial charge in [-0.25, -0.2) is 10.3 Å². The number of nitrogens with one attached hydrogen (secondary N) is 1. The van der Waals surface area contributed by atoms with Crippen LogP contribution in [-0.2, 0) is 27.3 Å². The lowest BCUT2D eigenvalue weighted by molar-refractivity contribution is -0.145. The second-order valence-electron chi connectivity index (χ2n) is 5.37. The van der Waals surface area contributed by atoms with E-state index in [4.69, 9.17) is 4.84 Å². The molecule has 1 unspecified atom stereocenters. The summed E-state index contributed by atoms with van der Waals surface area (Å²) in [5, 5.41) is 9.40. The molecule has 1 heterocycles. The molecule has 6 heteroatoms. The second-order valence-corrected chi connectivity index (χ2v) is 5.37. The van der Waals surface area contributed by atoms with Crippen LogP contribution in [0.4, 0.5) is 5.69 Å². The van der Waals surface area contributed by atoms with Crippen molar-refractivity contribution in [2.24, 2.45) is 0 Å². The van der Waals surface area contributed by atoms with E-state index in [1.165, 1.54) is 4.90 Å². The quantitative estimate of drug-likeness (QED) is 0.774. The van der Waals surface area contributed by atoms with Crippen LogP contribution in [-0.4, -0.2) is 41.1 Å². The van der Waals surface area contributed by atoms with Crippen molar-refractivity contribution >= 4 is 17.6 Å². The molecule has 1 aromatic carbocycles. The first-order chi connectivity index (χ1) is 10.5. The largest absolute Gasteiger partial charge is 0.391 e. The van der Waals surface area contributed by atoms with Crippen LogP contribution < -0.4 is 5.48 Å². The van der Waals surface area contributed by atoms with Crippen molar-refractivity contribution in [3.8, 4) is 0 Å². The van der Waals surface area contributed by atoms with E-state index >= 15 is 0 Å². The summed E-state index contributed by atoms with van der Waals surface area (Å²) in [6, 6.07) is 5.94. The molecule has 0 aromatic heterocycles. The predicted octanol–water partition coefficient (Wildman–Crippen LogP) is 1.27. The minimum absolute atomic E-state index is 0.0688. The van der Waals surface area contributed by atoms with E-state index in [2.05, 4.69) is 5.48 Å². The minimum Gasteiger partial charge on any atom is -0.391 e. The molecule has 1 saturated heterocycles. The molecule has 1 aliphatic rings. The van der Waals surface area contributed by atoms with Gasteiger partial charge in [0.25, 0.3) is 0 Å². The first kappa shape index (κ1) is 16.3. The number of nitrogens with zero attached hydrogens (tertiary/aromatic N) is 1. The molecule has 0 bridgehead atoms. The van der Waals surface area contributed by atoms with Crippen LogP contribution in [0.25, 0.3) is 0 Å². The summed E-state index contributed by atoms with van der Waals surface area (Å²) in [7, 11) is 0. The van der Waals surface area contributed by atoms with Crippen LogP contribution in [0.15, 0.2) is 18.2 Å². The summed E-state index contributed by atoms with van der Waals surface area (Å²) in [6.45, 7) is 4.09. The molecule has 2 N–H and O–H groups in total. The van der Waals surface area contributed by atoms with Gasteiger partial charge in [-0.3, -0.25) is 4.79 Å². The number of rotatable bonds is 6. The summed E-state index contributed by atoms with van der Waals surface area (Å²) in [5.41, 5.74) is 5.69. The standard InChI is InChI=1S/C16H22N2O4/c1-3-11-6-5-7-12(4-2)16(11)17-22-15(21)10-18-9-13(19)8-14(18)20/h5-7,13,17,19H,3-4,8-10H2,1-2H3. The van der Waals surface area contributed by atoms with Gasteiger partial charge in [0.1, 0.15) is 6.54 Å². The third kappa shape index (κ3) is 3.76. The molecular weight excluding hydrogens is 284 g/mol. The van der Waals surface area contributed by atoms with E-state index in [9.17, 15) is 14.7 Å². The molecular formula is C16H22N2O4. The predicted molar refractivity (Wildman–Crippen MR) is 82.1 cm³/mol. The number of hydrogen-bond acceptors (Lipinski definition) is 5. The van der Waals surface area contributed by atoms with Crippen LogP contribution in [0.1, 0.15) is 31.4 Å². The Morgan fingerprint density at radius 3 is 2.50 bits per heavy atom. The number of β-amino-alcohol motifs (C(OH)–C–C–N with tert-alkyl or cyclic N) is 1. The van der Waals surface area contributed by atoms with Gasteiger partial charge in [-0.1, -0.05) is 32.0 Å². The number of aryl methyl sites for hydroxylation is 2. The van der Waals surface area contributed by atoms with Crippen LogP contribution >= 0.6 is 0 Å². The van der Waals surface area contributed by atoms with E-state index < -0.39 is 12.1 Å². The average Bonchev–Trinajstić information content (AvgIpc) is 2.82. The first-order valence-corrected chi connectivity index (χ1v) is 7.57. The normalized spacial score (nSPS) is 17.7. The Morgan fingerprint density at radius 1 is 1.36 bits per heavy atom. The van der Waals surface area contributed by atoms with Crippen LogP contribution in [0.5, 0.6) is 0 Å². The molecule has 6 nitrogen and oxygen atoms in total. The molecule has 1 amide bonds. The molecule has 0 saturated carbocycles. The molecule has 1 aromatic rings. The van der Waals surface area contributed by atoms with Gasteiger partial charge in [-0.15, -0.1) is 0 Å². The zero-order chi connectivity index (χ0) is 16.1. The first-order valence-electron chi connectivity index (χ1n) is 7.57. The van der Waals surface area contributed by atoms with Crippen molar-refractivity contribution in [1.29, 1.82) is 0 Å². The Morgan fingerprint density at radius 2 is 2.00 bits per heavy atom. The highest BCUT2D eigenvalue weighted by molar-refractivity contribution is 5.84. The number of likely N-dealkylation sites (tertiary alicyclic amines) is 1. The molecule has 0 aliphatic carbocycles. The minimum atomic E-state index is -0.694. The third-order valence-electron chi connectivity index (χ3n) is 3.78. The molecule has 1 aliphatic heterocycles. The van der Waals surface area contributed by atoms with E-state index in [0.29, 0.717) is 0 Å². The van der Waals surface area contributed by atoms with Gasteiger partial charge in [0.15, 0.2) is 0 Å². The summed E-state index contributed by atoms with van der Waals surface area (Å²) in [6.07, 6.45) is 1.02. The Kier molecular flexibility index (Phi) is 5.38. The van der Waals surface area contributed by atoms with E-state index in [1.807, 2.05) is 32.0 Å². The lowest BCUT2D eigenvalue weighted by Gasteiger charge is -2.17. The lowest BCUT2D eigenvalue weighted by Crippen LogP contribution is -2.33. The number of carbonyl (C=O) groups is 2. The maximum absolute atomic E-state index is 11.9. The second kappa shape index (κ2) is 7.26. The smallest absolute Gasteiger partial charge is 0.351 e. The van der Waals surface area contributed by atoms with Crippen LogP contribution in [0.3, 0.4) is 0 Å². The molecule has 22 heavy (non-hydrogen) atoms. The fourth-order valence-electron chi connectivity index (χ4n) is 2.57. The topological polar surface area (TPSA) is 78.9 Å². The van der Waals surface area contributed by atoms with Crippen LogP contribution in [0, 0.1) is 0 Å². The van der Waals surface area contributed by atoms with Gasteiger partial charge >= 0.3 is 5.97 Å². The summed E-state index contributed by atoms with van der Waals surface area (Å²) >= 11 is 0. The molecule has 0 spiro atoms. The number of aliphatic hydroxyl groups excluding tert-OH is 1. The monoisotopic (exact) mass is 306 g/mol. The highest BCUT2D eigenvalue weighted by Gasteiger charge is 2.29. The number of anilines is 1. The van der Waals surface area contributed by atoms with Gasteiger partial charge in [0.2, 0.25) is 5.91 Å². The summed E-state index contributed by atoms with van der Waals surface area (Å²) in [5.74, 6) is -0.775. The van der Waals surface area contributed by atoms with E-state index in [-0.39, 0.29) is 25.4 Å². The van der Waals surface area contributed by atoms with Gasteiger partial charge < -0.3 is 14.8 Å². The number of benzene rings is 1. The Bertz CT molecular complexity index is 537. The van der Waals surface area contributed by atoms with E-state index in [0.717, 1.165) is 29.7 Å². The highest BCUT2D eigenvalue weighted by atomic mass is 16.7. The summed E-state index contributed by atoms with van der Waals surface area (Å²) < 4.78 is 0. The van der Waals surface area contributed by atoms with Gasteiger partial charge in [-0.2, -0.15) is 0 Å². The Labute approximate surface area is 130 Å². The van der Waals surface area contributed by atoms with Gasteiger partial charge in [0.05, 0.1) is 18.2 Å². The van der Waals surface area contributed by atoms with Crippen molar-refractivity contribution < 1.29 is 19.5 Å². The molecule has 1 fully saturated rings. The van der Waals surface area contributed by atoms with Gasteiger partial charge in [0, 0.05) is 6.54 Å². The van der Waals surface area contributed by atoms with Gasteiger partial charge in [-0.05, 0) is 24.0 Å². The lowest BCUT2D eigenvalue weighted by atomic mass is 10.0. The van der Waals surface area contributed by atoms with Crippen molar-refractivity contribution in [1.82, 2.24) is 4.90 Å². The number of hydrogen-bond donors (Lipinski definition) is 2. The molecule has 1 atom stereocenters. The van der Waals surface area contributed by atoms with Crippen molar-refractivity contribution in [3.05, 3.63) is 29.3 Å². The highest BCUT2D eigenvalue weighted by Crippen LogP contribution is 2.22. The maximum atomic E-state index is 11.9. The van der Waals surface area contributed by atoms with Crippen molar-refractivity contribution in [3.63, 3.8) is 0 Å². The fourth-order valence-corrected chi connectivity index (χ4v) is 2.57. The van der Waals surface area contributed by atoms with Crippen molar-refractivity contribution in [2.45, 2.75) is 39.2 Å². The van der Waals surface area contributed by atoms with Crippen molar-refractivity contribution in [2.75, 3.05) is 18.6 Å². The number of carbonyl (C=O) groups excluding carboxylic acids is 2. The number of aliphatic hydroxyl groups is 1. The Hall–Kier alpha value is -2.08. The van der Waals surface area contributed by atoms with Crippen LogP contribution in [0.2, 0.25) is 0 Å². The maximum Gasteiger partial charge on any atom is 0.351 e. The number of para-hydroxylation sites is 1. The average molecular weight is 306 g/mol. The zero-order valence-electron chi connectivity index (χ0n) is 13.0. The van der Waals surface area contributed by atoms with E-state index in [1.54, 1.807) is 0 Å². The molecule has 0 radical (unpaired) electrons. The SMILES string of the molecule is CCc1cccc(CC)c1NOC(=O)CN1CC(O)CC1=O. The molecule has 120 valence electrons. The fraction of sp³-hybridized carbons (Fsp3) is 0.500. The number of amides is 1. The Balaban J connectivity index is 1.95. The molecule has 2 rings (SSSR count).